The SMILES string of the molecule is CCOC(=O)CC1Oc2ccccc2-c2ccc(Cl)cc21. The minimum atomic E-state index is -0.368. The van der Waals surface area contributed by atoms with Gasteiger partial charge in [-0.05, 0) is 30.7 Å². The van der Waals surface area contributed by atoms with Crippen molar-refractivity contribution in [1.29, 1.82) is 0 Å². The zero-order valence-electron chi connectivity index (χ0n) is 11.6. The lowest BCUT2D eigenvalue weighted by Crippen LogP contribution is -2.19. The van der Waals surface area contributed by atoms with E-state index in [1.54, 1.807) is 6.92 Å². The fourth-order valence-corrected chi connectivity index (χ4v) is 2.76. The standard InChI is InChI=1S/C17H15ClO3/c1-2-20-17(19)10-16-14-9-11(18)7-8-12(14)13-5-3-4-6-15(13)21-16/h3-9,16H,2,10H2,1H3. The van der Waals surface area contributed by atoms with Crippen LogP contribution in [0.4, 0.5) is 0 Å². The maximum Gasteiger partial charge on any atom is 0.309 e. The molecule has 1 unspecified atom stereocenters. The lowest BCUT2D eigenvalue weighted by Gasteiger charge is -2.28. The van der Waals surface area contributed by atoms with Gasteiger partial charge in [-0.3, -0.25) is 4.79 Å². The van der Waals surface area contributed by atoms with Crippen molar-refractivity contribution in [2.75, 3.05) is 6.61 Å². The van der Waals surface area contributed by atoms with E-state index in [9.17, 15) is 4.79 Å². The number of fused-ring (bicyclic) bond motifs is 3. The number of carbonyl (C=O) groups is 1. The Morgan fingerprint density at radius 2 is 2.05 bits per heavy atom. The van der Waals surface area contributed by atoms with E-state index in [2.05, 4.69) is 0 Å². The Bertz CT molecular complexity index is 681. The van der Waals surface area contributed by atoms with Crippen molar-refractivity contribution in [3.63, 3.8) is 0 Å². The average Bonchev–Trinajstić information content (AvgIpc) is 2.47. The zero-order valence-corrected chi connectivity index (χ0v) is 12.4. The number of ether oxygens (including phenoxy) is 2. The van der Waals surface area contributed by atoms with Crippen LogP contribution in [0.1, 0.15) is 25.0 Å². The van der Waals surface area contributed by atoms with Gasteiger partial charge >= 0.3 is 5.97 Å². The molecule has 0 aromatic heterocycles. The molecule has 0 bridgehead atoms. The number of rotatable bonds is 3. The van der Waals surface area contributed by atoms with Gasteiger partial charge in [-0.1, -0.05) is 35.9 Å². The number of para-hydroxylation sites is 1. The van der Waals surface area contributed by atoms with Crippen LogP contribution >= 0.6 is 11.6 Å². The summed E-state index contributed by atoms with van der Waals surface area (Å²) in [6.45, 7) is 2.16. The van der Waals surface area contributed by atoms with E-state index in [1.165, 1.54) is 0 Å². The molecule has 2 aromatic carbocycles. The Morgan fingerprint density at radius 3 is 2.86 bits per heavy atom. The fourth-order valence-electron chi connectivity index (χ4n) is 2.58. The molecule has 0 fully saturated rings. The molecule has 0 saturated carbocycles. The predicted molar refractivity (Wildman–Crippen MR) is 81.5 cm³/mol. The Hall–Kier alpha value is -2.00. The summed E-state index contributed by atoms with van der Waals surface area (Å²) < 4.78 is 11.0. The Balaban J connectivity index is 2.02. The van der Waals surface area contributed by atoms with Gasteiger partial charge in [0.25, 0.3) is 0 Å². The van der Waals surface area contributed by atoms with E-state index in [0.717, 1.165) is 22.4 Å². The molecule has 1 heterocycles. The fraction of sp³-hybridized carbons (Fsp3) is 0.235. The lowest BCUT2D eigenvalue weighted by molar-refractivity contribution is -0.145. The summed E-state index contributed by atoms with van der Waals surface area (Å²) in [6.07, 6.45) is -0.192. The molecular formula is C17H15ClO3. The number of benzene rings is 2. The molecular weight excluding hydrogens is 288 g/mol. The molecule has 1 aliphatic heterocycles. The quantitative estimate of drug-likeness (QED) is 0.789. The molecule has 0 spiro atoms. The van der Waals surface area contributed by atoms with Crippen molar-refractivity contribution in [1.82, 2.24) is 0 Å². The molecule has 1 atom stereocenters. The molecule has 21 heavy (non-hydrogen) atoms. The van der Waals surface area contributed by atoms with Crippen molar-refractivity contribution in [3.05, 3.63) is 53.1 Å². The van der Waals surface area contributed by atoms with Gasteiger partial charge in [-0.2, -0.15) is 0 Å². The Kier molecular flexibility index (Phi) is 3.84. The highest BCUT2D eigenvalue weighted by atomic mass is 35.5. The van der Waals surface area contributed by atoms with E-state index in [4.69, 9.17) is 21.1 Å². The van der Waals surface area contributed by atoms with Gasteiger partial charge < -0.3 is 9.47 Å². The van der Waals surface area contributed by atoms with Crippen LogP contribution in [0, 0.1) is 0 Å². The topological polar surface area (TPSA) is 35.5 Å². The number of halogens is 1. The molecule has 3 nitrogen and oxygen atoms in total. The Labute approximate surface area is 128 Å². The second kappa shape index (κ2) is 5.78. The van der Waals surface area contributed by atoms with Crippen molar-refractivity contribution in [2.45, 2.75) is 19.4 Å². The van der Waals surface area contributed by atoms with Crippen molar-refractivity contribution < 1.29 is 14.3 Å². The van der Waals surface area contributed by atoms with E-state index < -0.39 is 0 Å². The average molecular weight is 303 g/mol. The van der Waals surface area contributed by atoms with Crippen LogP contribution in [-0.2, 0) is 9.53 Å². The van der Waals surface area contributed by atoms with Gasteiger partial charge in [0.2, 0.25) is 0 Å². The molecule has 0 N–H and O–H groups in total. The van der Waals surface area contributed by atoms with Crippen molar-refractivity contribution in [3.8, 4) is 16.9 Å². The molecule has 0 radical (unpaired) electrons. The van der Waals surface area contributed by atoms with Gasteiger partial charge in [-0.15, -0.1) is 0 Å². The van der Waals surface area contributed by atoms with Gasteiger partial charge in [0, 0.05) is 16.1 Å². The lowest BCUT2D eigenvalue weighted by atomic mass is 9.91. The van der Waals surface area contributed by atoms with Gasteiger partial charge in [-0.25, -0.2) is 0 Å². The summed E-state index contributed by atoms with van der Waals surface area (Å²) in [5.74, 6) is 0.509. The highest BCUT2D eigenvalue weighted by Crippen LogP contribution is 2.44. The van der Waals surface area contributed by atoms with Crippen LogP contribution < -0.4 is 4.74 Å². The molecule has 0 saturated heterocycles. The minimum absolute atomic E-state index is 0.176. The third-order valence-corrected chi connectivity index (χ3v) is 3.70. The van der Waals surface area contributed by atoms with Crippen LogP contribution in [0.25, 0.3) is 11.1 Å². The number of hydrogen-bond donors (Lipinski definition) is 0. The first-order chi connectivity index (χ1) is 10.2. The first-order valence-electron chi connectivity index (χ1n) is 6.90. The second-order valence-electron chi connectivity index (χ2n) is 4.84. The van der Waals surface area contributed by atoms with Crippen LogP contribution in [0.2, 0.25) is 5.02 Å². The van der Waals surface area contributed by atoms with Crippen LogP contribution in [0.3, 0.4) is 0 Å². The van der Waals surface area contributed by atoms with Gasteiger partial charge in [0.15, 0.2) is 0 Å². The maximum atomic E-state index is 11.8. The molecule has 2 aromatic rings. The number of esters is 1. The maximum absolute atomic E-state index is 11.8. The van der Waals surface area contributed by atoms with Crippen molar-refractivity contribution in [2.24, 2.45) is 0 Å². The van der Waals surface area contributed by atoms with E-state index in [0.29, 0.717) is 11.6 Å². The van der Waals surface area contributed by atoms with Crippen LogP contribution in [0.5, 0.6) is 5.75 Å². The van der Waals surface area contributed by atoms with Crippen molar-refractivity contribution >= 4 is 17.6 Å². The van der Waals surface area contributed by atoms with E-state index in [1.807, 2.05) is 42.5 Å². The minimum Gasteiger partial charge on any atom is -0.484 e. The molecule has 3 rings (SSSR count). The number of carbonyl (C=O) groups excluding carboxylic acids is 1. The van der Waals surface area contributed by atoms with Crippen LogP contribution in [0.15, 0.2) is 42.5 Å². The highest BCUT2D eigenvalue weighted by Gasteiger charge is 2.28. The largest absolute Gasteiger partial charge is 0.484 e. The first-order valence-corrected chi connectivity index (χ1v) is 7.28. The summed E-state index contributed by atoms with van der Waals surface area (Å²) in [7, 11) is 0. The Morgan fingerprint density at radius 1 is 1.24 bits per heavy atom. The third kappa shape index (κ3) is 2.74. The molecule has 4 heteroatoms. The second-order valence-corrected chi connectivity index (χ2v) is 5.28. The summed E-state index contributed by atoms with van der Waals surface area (Å²) in [4.78, 5) is 11.8. The molecule has 0 aliphatic carbocycles. The van der Waals surface area contributed by atoms with E-state index in [-0.39, 0.29) is 18.5 Å². The third-order valence-electron chi connectivity index (χ3n) is 3.46. The normalized spacial score (nSPS) is 15.6. The first kappa shape index (κ1) is 14.0. The zero-order chi connectivity index (χ0) is 14.8. The van der Waals surface area contributed by atoms with E-state index >= 15 is 0 Å². The summed E-state index contributed by atoms with van der Waals surface area (Å²) in [5.41, 5.74) is 2.99. The van der Waals surface area contributed by atoms with Gasteiger partial charge in [0.1, 0.15) is 11.9 Å². The smallest absolute Gasteiger partial charge is 0.309 e. The summed E-state index contributed by atoms with van der Waals surface area (Å²) in [6, 6.07) is 13.5. The molecule has 0 amide bonds. The number of hydrogen-bond acceptors (Lipinski definition) is 3. The monoisotopic (exact) mass is 302 g/mol. The summed E-state index contributed by atoms with van der Waals surface area (Å²) >= 11 is 6.10. The predicted octanol–water partition coefficient (Wildman–Crippen LogP) is 4.39. The summed E-state index contributed by atoms with van der Waals surface area (Å²) in [5, 5.41) is 0.630. The van der Waals surface area contributed by atoms with Crippen LogP contribution in [-0.4, -0.2) is 12.6 Å². The van der Waals surface area contributed by atoms with Gasteiger partial charge in [0.05, 0.1) is 13.0 Å². The molecule has 1 aliphatic rings. The molecule has 108 valence electrons. The highest BCUT2D eigenvalue weighted by molar-refractivity contribution is 6.30.